The van der Waals surface area contributed by atoms with Gasteiger partial charge in [0.25, 0.3) is 11.8 Å². The number of carbonyl (C=O) groups is 1. The lowest BCUT2D eigenvalue weighted by molar-refractivity contribution is 0.102. The van der Waals surface area contributed by atoms with Gasteiger partial charge in [0.05, 0.1) is 24.7 Å². The molecule has 1 aliphatic rings. The van der Waals surface area contributed by atoms with Crippen LogP contribution in [0.1, 0.15) is 36.5 Å². The number of sulfonamides is 1. The molecular formula is C23H26N4O6S. The van der Waals surface area contributed by atoms with Gasteiger partial charge in [0.15, 0.2) is 0 Å². The van der Waals surface area contributed by atoms with Crippen molar-refractivity contribution in [2.24, 2.45) is 0 Å². The first kappa shape index (κ1) is 23.7. The number of carbonyl (C=O) groups excluding carboxylic acids is 1. The first-order valence-electron chi connectivity index (χ1n) is 10.8. The minimum absolute atomic E-state index is 0.0437. The van der Waals surface area contributed by atoms with Crippen LogP contribution in [0.3, 0.4) is 0 Å². The van der Waals surface area contributed by atoms with Crippen LogP contribution in [0.5, 0.6) is 11.5 Å². The minimum Gasteiger partial charge on any atom is -0.497 e. The molecule has 0 radical (unpaired) electrons. The normalized spacial score (nSPS) is 16.7. The quantitative estimate of drug-likeness (QED) is 0.538. The Hall–Kier alpha value is -3.44. The lowest BCUT2D eigenvalue weighted by Gasteiger charge is -2.32. The fourth-order valence-corrected chi connectivity index (χ4v) is 5.57. The summed E-state index contributed by atoms with van der Waals surface area (Å²) in [7, 11) is -0.558. The molecule has 1 unspecified atom stereocenters. The third-order valence-electron chi connectivity index (χ3n) is 5.75. The van der Waals surface area contributed by atoms with Crippen molar-refractivity contribution in [3.63, 3.8) is 0 Å². The maximum absolute atomic E-state index is 13.0. The molecule has 1 amide bonds. The van der Waals surface area contributed by atoms with Crippen LogP contribution < -0.4 is 14.8 Å². The van der Waals surface area contributed by atoms with Gasteiger partial charge in [0.2, 0.25) is 10.0 Å². The van der Waals surface area contributed by atoms with Gasteiger partial charge in [-0.15, -0.1) is 5.10 Å². The lowest BCUT2D eigenvalue weighted by atomic mass is 10.1. The SMILES string of the molecule is COc1ccc(-c2nnc(NC(=O)c3ccc(S(=O)(=O)N4CCCCC4C)cc3)o2)c(OC)c1. The summed E-state index contributed by atoms with van der Waals surface area (Å²) in [6, 6.07) is 10.8. The third kappa shape index (κ3) is 4.75. The largest absolute Gasteiger partial charge is 0.497 e. The number of nitrogens with one attached hydrogen (secondary N) is 1. The van der Waals surface area contributed by atoms with Gasteiger partial charge in [-0.1, -0.05) is 11.5 Å². The molecule has 2 heterocycles. The van der Waals surface area contributed by atoms with Crippen LogP contribution in [-0.2, 0) is 10.0 Å². The third-order valence-corrected chi connectivity index (χ3v) is 7.78. The average Bonchev–Trinajstić information content (AvgIpc) is 3.32. The molecule has 10 nitrogen and oxygen atoms in total. The van der Waals surface area contributed by atoms with E-state index in [4.69, 9.17) is 13.9 Å². The van der Waals surface area contributed by atoms with Crippen LogP contribution in [0.2, 0.25) is 0 Å². The van der Waals surface area contributed by atoms with Gasteiger partial charge in [-0.2, -0.15) is 4.31 Å². The maximum Gasteiger partial charge on any atom is 0.322 e. The summed E-state index contributed by atoms with van der Waals surface area (Å²) in [5.74, 6) is 0.730. The van der Waals surface area contributed by atoms with Crippen molar-refractivity contribution in [1.82, 2.24) is 14.5 Å². The number of aromatic nitrogens is 2. The van der Waals surface area contributed by atoms with Crippen molar-refractivity contribution in [3.8, 4) is 23.0 Å². The number of amides is 1. The van der Waals surface area contributed by atoms with Crippen LogP contribution >= 0.6 is 0 Å². The zero-order valence-corrected chi connectivity index (χ0v) is 20.0. The van der Waals surface area contributed by atoms with Gasteiger partial charge < -0.3 is 13.9 Å². The Morgan fingerprint density at radius 2 is 1.85 bits per heavy atom. The van der Waals surface area contributed by atoms with E-state index >= 15 is 0 Å². The molecule has 2 aromatic carbocycles. The molecule has 11 heteroatoms. The summed E-state index contributed by atoms with van der Waals surface area (Å²) in [6.07, 6.45) is 2.71. The second-order valence-corrected chi connectivity index (χ2v) is 9.81. The van der Waals surface area contributed by atoms with Crippen LogP contribution in [0.15, 0.2) is 51.8 Å². The van der Waals surface area contributed by atoms with E-state index in [0.717, 1.165) is 19.3 Å². The molecule has 1 aliphatic heterocycles. The molecule has 1 saturated heterocycles. The van der Waals surface area contributed by atoms with Crippen LogP contribution in [0, 0.1) is 0 Å². The number of rotatable bonds is 7. The highest BCUT2D eigenvalue weighted by Gasteiger charge is 2.31. The molecule has 0 spiro atoms. The van der Waals surface area contributed by atoms with Crippen LogP contribution in [0.25, 0.3) is 11.5 Å². The monoisotopic (exact) mass is 486 g/mol. The number of benzene rings is 2. The number of hydrogen-bond donors (Lipinski definition) is 1. The van der Waals surface area contributed by atoms with E-state index in [0.29, 0.717) is 23.6 Å². The average molecular weight is 487 g/mol. The second kappa shape index (κ2) is 9.82. The Morgan fingerprint density at radius 1 is 1.09 bits per heavy atom. The highest BCUT2D eigenvalue weighted by Crippen LogP contribution is 2.33. The van der Waals surface area contributed by atoms with E-state index in [1.165, 1.54) is 35.7 Å². The van der Waals surface area contributed by atoms with Gasteiger partial charge in [-0.25, -0.2) is 8.42 Å². The Bertz CT molecular complexity index is 1270. The van der Waals surface area contributed by atoms with Crippen LogP contribution in [-0.4, -0.2) is 55.6 Å². The van der Waals surface area contributed by atoms with Crippen molar-refractivity contribution < 1.29 is 27.1 Å². The number of anilines is 1. The van der Waals surface area contributed by atoms with E-state index in [9.17, 15) is 13.2 Å². The Labute approximate surface area is 197 Å². The summed E-state index contributed by atoms with van der Waals surface area (Å²) in [5.41, 5.74) is 0.797. The zero-order chi connectivity index (χ0) is 24.3. The summed E-state index contributed by atoms with van der Waals surface area (Å²) < 4.78 is 43.6. The van der Waals surface area contributed by atoms with E-state index in [2.05, 4.69) is 15.5 Å². The highest BCUT2D eigenvalue weighted by atomic mass is 32.2. The molecule has 34 heavy (non-hydrogen) atoms. The van der Waals surface area contributed by atoms with Gasteiger partial charge >= 0.3 is 6.01 Å². The first-order chi connectivity index (χ1) is 16.3. The lowest BCUT2D eigenvalue weighted by Crippen LogP contribution is -2.41. The molecule has 180 valence electrons. The Balaban J connectivity index is 1.47. The molecule has 1 aromatic heterocycles. The van der Waals surface area contributed by atoms with Gasteiger partial charge in [-0.3, -0.25) is 10.1 Å². The van der Waals surface area contributed by atoms with Gasteiger partial charge in [0, 0.05) is 24.2 Å². The number of piperidine rings is 1. The van der Waals surface area contributed by atoms with E-state index in [-0.39, 0.29) is 28.4 Å². The van der Waals surface area contributed by atoms with E-state index in [1.807, 2.05) is 6.92 Å². The fraction of sp³-hybridized carbons (Fsp3) is 0.348. The van der Waals surface area contributed by atoms with Gasteiger partial charge in [-0.05, 0) is 56.2 Å². The van der Waals surface area contributed by atoms with Crippen LogP contribution in [0.4, 0.5) is 6.01 Å². The van der Waals surface area contributed by atoms with Gasteiger partial charge in [0.1, 0.15) is 11.5 Å². The number of nitrogens with zero attached hydrogens (tertiary/aromatic N) is 3. The molecule has 0 aliphatic carbocycles. The summed E-state index contributed by atoms with van der Waals surface area (Å²) in [6.45, 7) is 2.42. The summed E-state index contributed by atoms with van der Waals surface area (Å²) >= 11 is 0. The van der Waals surface area contributed by atoms with Crippen molar-refractivity contribution >= 4 is 21.9 Å². The molecule has 3 aromatic rings. The Kier molecular flexibility index (Phi) is 6.85. The molecular weight excluding hydrogens is 460 g/mol. The van der Waals surface area contributed by atoms with Crippen molar-refractivity contribution in [2.75, 3.05) is 26.1 Å². The first-order valence-corrected chi connectivity index (χ1v) is 12.3. The topological polar surface area (TPSA) is 124 Å². The predicted molar refractivity (Wildman–Crippen MR) is 124 cm³/mol. The molecule has 0 bridgehead atoms. The van der Waals surface area contributed by atoms with Crippen molar-refractivity contribution in [1.29, 1.82) is 0 Å². The zero-order valence-electron chi connectivity index (χ0n) is 19.1. The predicted octanol–water partition coefficient (Wildman–Crippen LogP) is 3.57. The number of methoxy groups -OCH3 is 2. The summed E-state index contributed by atoms with van der Waals surface area (Å²) in [5, 5.41) is 10.4. The number of hydrogen-bond acceptors (Lipinski definition) is 8. The number of ether oxygens (including phenoxy) is 2. The standard InChI is InChI=1S/C23H26N4O6S/c1-15-6-4-5-13-27(15)34(29,30)18-10-7-16(8-11-18)21(28)24-23-26-25-22(33-23)19-12-9-17(31-2)14-20(19)32-3/h7-12,14-15H,4-6,13H2,1-3H3,(H,24,26,28). The fourth-order valence-electron chi connectivity index (χ4n) is 3.87. The smallest absolute Gasteiger partial charge is 0.322 e. The second-order valence-electron chi connectivity index (χ2n) is 7.92. The van der Waals surface area contributed by atoms with E-state index in [1.54, 1.807) is 25.3 Å². The minimum atomic E-state index is -3.61. The molecule has 0 saturated carbocycles. The van der Waals surface area contributed by atoms with Crippen molar-refractivity contribution in [2.45, 2.75) is 37.1 Å². The molecule has 1 fully saturated rings. The maximum atomic E-state index is 13.0. The Morgan fingerprint density at radius 3 is 2.53 bits per heavy atom. The highest BCUT2D eigenvalue weighted by molar-refractivity contribution is 7.89. The summed E-state index contributed by atoms with van der Waals surface area (Å²) in [4.78, 5) is 12.8. The van der Waals surface area contributed by atoms with Crippen molar-refractivity contribution in [3.05, 3.63) is 48.0 Å². The molecule has 1 N–H and O–H groups in total. The molecule has 1 atom stereocenters. The molecule has 4 rings (SSSR count). The van der Waals surface area contributed by atoms with E-state index < -0.39 is 15.9 Å².